The molecule has 26 heavy (non-hydrogen) atoms. The Bertz CT molecular complexity index is 475. The highest BCUT2D eigenvalue weighted by Crippen LogP contribution is 2.48. The first kappa shape index (κ1) is 19.9. The van der Waals surface area contributed by atoms with E-state index in [1.165, 1.54) is 0 Å². The largest absolute Gasteiger partial charge is 0.381 e. The van der Waals surface area contributed by atoms with Gasteiger partial charge in [0.1, 0.15) is 0 Å². The van der Waals surface area contributed by atoms with Gasteiger partial charge in [-0.05, 0) is 39.0 Å². The smallest absolute Gasteiger partial charge is 0.317 e. The Morgan fingerprint density at radius 1 is 1.23 bits per heavy atom. The molecule has 0 spiro atoms. The van der Waals surface area contributed by atoms with E-state index in [1.807, 2.05) is 4.90 Å². The Kier molecular flexibility index (Phi) is 6.46. The van der Waals surface area contributed by atoms with Crippen molar-refractivity contribution in [2.45, 2.75) is 77.2 Å². The number of hydrogen-bond donors (Lipinski definition) is 1. The third-order valence-electron chi connectivity index (χ3n) is 7.22. The first-order valence-electron chi connectivity index (χ1n) is 10.5. The molecule has 0 radical (unpaired) electrons. The van der Waals surface area contributed by atoms with E-state index in [4.69, 9.17) is 9.47 Å². The van der Waals surface area contributed by atoms with Gasteiger partial charge in [0.2, 0.25) is 0 Å². The fourth-order valence-corrected chi connectivity index (χ4v) is 5.33. The zero-order chi connectivity index (χ0) is 18.7. The van der Waals surface area contributed by atoms with Gasteiger partial charge in [0.15, 0.2) is 0 Å². The summed E-state index contributed by atoms with van der Waals surface area (Å²) in [6, 6.07) is 0.953. The van der Waals surface area contributed by atoms with Crippen LogP contribution in [0.3, 0.4) is 0 Å². The molecule has 3 aliphatic rings. The van der Waals surface area contributed by atoms with Crippen molar-refractivity contribution >= 4 is 6.03 Å². The molecule has 0 aromatic heterocycles. The minimum atomic E-state index is 0.104. The molecule has 3 unspecified atom stereocenters. The molecule has 2 aliphatic heterocycles. The molecular formula is C20H37N3O3. The molecule has 1 aliphatic carbocycles. The topological polar surface area (TPSA) is 54.0 Å². The van der Waals surface area contributed by atoms with E-state index in [1.54, 1.807) is 7.11 Å². The van der Waals surface area contributed by atoms with E-state index in [0.29, 0.717) is 12.1 Å². The van der Waals surface area contributed by atoms with E-state index in [2.05, 4.69) is 31.0 Å². The molecule has 3 rings (SSSR count). The van der Waals surface area contributed by atoms with E-state index in [9.17, 15) is 4.79 Å². The number of methoxy groups -OCH3 is 1. The van der Waals surface area contributed by atoms with Crippen LogP contribution in [0.1, 0.15) is 52.9 Å². The van der Waals surface area contributed by atoms with Crippen molar-refractivity contribution in [1.82, 2.24) is 15.1 Å². The maximum absolute atomic E-state index is 12.8. The van der Waals surface area contributed by atoms with Gasteiger partial charge in [-0.25, -0.2) is 4.79 Å². The number of morpholine rings is 1. The lowest BCUT2D eigenvalue weighted by molar-refractivity contribution is -0.120. The van der Waals surface area contributed by atoms with Gasteiger partial charge >= 0.3 is 6.03 Å². The fraction of sp³-hybridized carbons (Fsp3) is 0.950. The van der Waals surface area contributed by atoms with Crippen LogP contribution >= 0.6 is 0 Å². The molecule has 1 N–H and O–H groups in total. The first-order chi connectivity index (χ1) is 12.5. The van der Waals surface area contributed by atoms with Gasteiger partial charge in [-0.3, -0.25) is 4.90 Å². The van der Waals surface area contributed by atoms with Crippen molar-refractivity contribution in [1.29, 1.82) is 0 Å². The number of ether oxygens (including phenoxy) is 2. The molecule has 2 amide bonds. The molecule has 3 fully saturated rings. The average Bonchev–Trinajstić information content (AvgIpc) is 2.66. The van der Waals surface area contributed by atoms with Gasteiger partial charge in [0.05, 0.1) is 18.8 Å². The zero-order valence-corrected chi connectivity index (χ0v) is 17.0. The molecule has 1 saturated carbocycles. The van der Waals surface area contributed by atoms with E-state index in [0.717, 1.165) is 64.9 Å². The lowest BCUT2D eigenvalue weighted by Crippen LogP contribution is -2.66. The van der Waals surface area contributed by atoms with Crippen molar-refractivity contribution in [3.8, 4) is 0 Å². The summed E-state index contributed by atoms with van der Waals surface area (Å²) in [6.07, 6.45) is 5.77. The molecular weight excluding hydrogens is 330 g/mol. The number of hydrogen-bond acceptors (Lipinski definition) is 4. The van der Waals surface area contributed by atoms with Gasteiger partial charge in [0, 0.05) is 50.8 Å². The lowest BCUT2D eigenvalue weighted by atomic mass is 9.58. The monoisotopic (exact) mass is 367 g/mol. The van der Waals surface area contributed by atoms with Crippen molar-refractivity contribution in [3.63, 3.8) is 0 Å². The second kappa shape index (κ2) is 8.44. The summed E-state index contributed by atoms with van der Waals surface area (Å²) in [7, 11) is 1.79. The summed E-state index contributed by atoms with van der Waals surface area (Å²) in [5, 5.41) is 3.32. The highest BCUT2D eigenvalue weighted by molar-refractivity contribution is 5.75. The first-order valence-corrected chi connectivity index (χ1v) is 10.5. The molecule has 6 nitrogen and oxygen atoms in total. The Morgan fingerprint density at radius 3 is 2.50 bits per heavy atom. The number of piperidine rings is 1. The molecule has 150 valence electrons. The van der Waals surface area contributed by atoms with Crippen LogP contribution in [0.15, 0.2) is 0 Å². The van der Waals surface area contributed by atoms with Crippen LogP contribution in [0.4, 0.5) is 4.79 Å². The van der Waals surface area contributed by atoms with E-state index < -0.39 is 0 Å². The van der Waals surface area contributed by atoms with Crippen LogP contribution in [0.25, 0.3) is 0 Å². The van der Waals surface area contributed by atoms with Gasteiger partial charge in [-0.15, -0.1) is 0 Å². The standard InChI is InChI=1S/C20H37N3O3/c1-5-20(6-2)17(13-18(20)25-4)21-19(24)22-9-7-16(8-10-22)23-11-12-26-15(3)14-23/h15-18H,5-14H2,1-4H3,(H,21,24). The summed E-state index contributed by atoms with van der Waals surface area (Å²) < 4.78 is 11.3. The molecule has 2 heterocycles. The van der Waals surface area contributed by atoms with Gasteiger partial charge < -0.3 is 19.7 Å². The predicted octanol–water partition coefficient (Wildman–Crippen LogP) is 2.47. The molecule has 6 heteroatoms. The number of nitrogens with one attached hydrogen (secondary N) is 1. The number of urea groups is 1. The summed E-state index contributed by atoms with van der Waals surface area (Å²) in [6.45, 7) is 11.2. The number of carbonyl (C=O) groups is 1. The normalized spacial score (nSPS) is 32.9. The minimum absolute atomic E-state index is 0.104. The van der Waals surface area contributed by atoms with E-state index >= 15 is 0 Å². The van der Waals surface area contributed by atoms with Crippen molar-refractivity contribution in [3.05, 3.63) is 0 Å². The Balaban J connectivity index is 1.48. The Hall–Kier alpha value is -0.850. The second-order valence-electron chi connectivity index (χ2n) is 8.30. The van der Waals surface area contributed by atoms with Crippen LogP contribution in [0, 0.1) is 5.41 Å². The predicted molar refractivity (Wildman–Crippen MR) is 102 cm³/mol. The molecule has 0 bridgehead atoms. The Morgan fingerprint density at radius 2 is 1.92 bits per heavy atom. The zero-order valence-electron chi connectivity index (χ0n) is 17.0. The lowest BCUT2D eigenvalue weighted by Gasteiger charge is -2.55. The van der Waals surface area contributed by atoms with E-state index in [-0.39, 0.29) is 23.6 Å². The fourth-order valence-electron chi connectivity index (χ4n) is 5.33. The van der Waals surface area contributed by atoms with Gasteiger partial charge in [0.25, 0.3) is 0 Å². The third kappa shape index (κ3) is 3.73. The van der Waals surface area contributed by atoms with Crippen LogP contribution < -0.4 is 5.32 Å². The van der Waals surface area contributed by atoms with Gasteiger partial charge in [-0.2, -0.15) is 0 Å². The van der Waals surface area contributed by atoms with Crippen LogP contribution in [-0.2, 0) is 9.47 Å². The minimum Gasteiger partial charge on any atom is -0.381 e. The number of rotatable bonds is 5. The quantitative estimate of drug-likeness (QED) is 0.811. The van der Waals surface area contributed by atoms with Crippen molar-refractivity contribution in [2.75, 3.05) is 39.9 Å². The van der Waals surface area contributed by atoms with Crippen LogP contribution in [-0.4, -0.2) is 80.0 Å². The highest BCUT2D eigenvalue weighted by atomic mass is 16.5. The van der Waals surface area contributed by atoms with Crippen LogP contribution in [0.5, 0.6) is 0 Å². The summed E-state index contributed by atoms with van der Waals surface area (Å²) in [5.74, 6) is 0. The second-order valence-corrected chi connectivity index (χ2v) is 8.30. The number of carbonyl (C=O) groups excluding carboxylic acids is 1. The number of likely N-dealkylation sites (tertiary alicyclic amines) is 1. The molecule has 0 aromatic rings. The highest BCUT2D eigenvalue weighted by Gasteiger charge is 2.53. The summed E-state index contributed by atoms with van der Waals surface area (Å²) in [4.78, 5) is 17.4. The Labute approximate surface area is 158 Å². The number of nitrogens with zero attached hydrogens (tertiary/aromatic N) is 2. The molecule has 3 atom stereocenters. The van der Waals surface area contributed by atoms with Crippen molar-refractivity contribution in [2.24, 2.45) is 5.41 Å². The SMILES string of the molecule is CCC1(CC)C(NC(=O)N2CCC(N3CCOC(C)C3)CC2)CC1OC. The average molecular weight is 368 g/mol. The summed E-state index contributed by atoms with van der Waals surface area (Å²) in [5.41, 5.74) is 0.104. The van der Waals surface area contributed by atoms with Crippen molar-refractivity contribution < 1.29 is 14.3 Å². The third-order valence-corrected chi connectivity index (χ3v) is 7.22. The molecule has 0 aromatic carbocycles. The van der Waals surface area contributed by atoms with Crippen LogP contribution in [0.2, 0.25) is 0 Å². The maximum atomic E-state index is 12.8. The molecule has 2 saturated heterocycles. The van der Waals surface area contributed by atoms with Gasteiger partial charge in [-0.1, -0.05) is 13.8 Å². The summed E-state index contributed by atoms with van der Waals surface area (Å²) >= 11 is 0. The maximum Gasteiger partial charge on any atom is 0.317 e. The number of amides is 2.